The van der Waals surface area contributed by atoms with Gasteiger partial charge in [0.15, 0.2) is 0 Å². The predicted octanol–water partition coefficient (Wildman–Crippen LogP) is 2.09. The van der Waals surface area contributed by atoms with Gasteiger partial charge in [-0.15, -0.1) is 0 Å². The van der Waals surface area contributed by atoms with Gasteiger partial charge in [0.2, 0.25) is 11.7 Å². The minimum atomic E-state index is 0.357. The van der Waals surface area contributed by atoms with Crippen LogP contribution in [0, 0.1) is 5.92 Å². The van der Waals surface area contributed by atoms with Gasteiger partial charge in [0.1, 0.15) is 5.69 Å². The average Bonchev–Trinajstić information content (AvgIpc) is 2.88. The highest BCUT2D eigenvalue weighted by Crippen LogP contribution is 2.14. The molecule has 2 heterocycles. The van der Waals surface area contributed by atoms with Crippen molar-refractivity contribution in [3.8, 4) is 11.5 Å². The third kappa shape index (κ3) is 4.09. The molecule has 0 aliphatic carbocycles. The Balaban J connectivity index is 2.04. The van der Waals surface area contributed by atoms with Gasteiger partial charge in [0.05, 0.1) is 6.20 Å². The fraction of sp³-hybridized carbons (Fsp3) is 0.571. The summed E-state index contributed by atoms with van der Waals surface area (Å²) >= 11 is 0. The lowest BCUT2D eigenvalue weighted by atomic mass is 10.0. The highest BCUT2D eigenvalue weighted by Gasteiger charge is 2.16. The van der Waals surface area contributed by atoms with Crippen LogP contribution in [0.4, 0.5) is 0 Å². The van der Waals surface area contributed by atoms with E-state index in [4.69, 9.17) is 4.52 Å². The number of nitrogens with one attached hydrogen (secondary N) is 1. The van der Waals surface area contributed by atoms with E-state index in [-0.39, 0.29) is 0 Å². The lowest BCUT2D eigenvalue weighted by Crippen LogP contribution is -2.32. The van der Waals surface area contributed by atoms with Gasteiger partial charge in [-0.1, -0.05) is 25.9 Å². The molecule has 1 unspecified atom stereocenters. The zero-order valence-corrected chi connectivity index (χ0v) is 12.2. The molecule has 0 spiro atoms. The third-order valence-corrected chi connectivity index (χ3v) is 2.93. The van der Waals surface area contributed by atoms with Crippen LogP contribution in [0.25, 0.3) is 11.5 Å². The minimum absolute atomic E-state index is 0.357. The molecule has 6 heteroatoms. The molecule has 1 atom stereocenters. The molecule has 108 valence electrons. The fourth-order valence-corrected chi connectivity index (χ4v) is 2.16. The van der Waals surface area contributed by atoms with E-state index in [1.54, 1.807) is 18.6 Å². The molecule has 0 fully saturated rings. The molecule has 6 nitrogen and oxygen atoms in total. The Morgan fingerprint density at radius 2 is 2.15 bits per heavy atom. The van der Waals surface area contributed by atoms with Gasteiger partial charge >= 0.3 is 0 Å². The van der Waals surface area contributed by atoms with Crippen molar-refractivity contribution in [2.24, 2.45) is 5.92 Å². The van der Waals surface area contributed by atoms with Crippen molar-refractivity contribution in [3.63, 3.8) is 0 Å². The van der Waals surface area contributed by atoms with E-state index < -0.39 is 0 Å². The van der Waals surface area contributed by atoms with E-state index in [1.165, 1.54) is 0 Å². The number of likely N-dealkylation sites (N-methyl/N-ethyl adjacent to an activating group) is 1. The largest absolute Gasteiger partial charge is 0.339 e. The summed E-state index contributed by atoms with van der Waals surface area (Å²) < 4.78 is 5.31. The van der Waals surface area contributed by atoms with Crippen LogP contribution in [0.15, 0.2) is 23.1 Å². The first-order chi connectivity index (χ1) is 9.69. The highest BCUT2D eigenvalue weighted by atomic mass is 16.5. The molecule has 0 bridgehead atoms. The maximum atomic E-state index is 5.31. The molecule has 0 aliphatic heterocycles. The first-order valence-corrected chi connectivity index (χ1v) is 7.01. The van der Waals surface area contributed by atoms with Gasteiger partial charge in [-0.2, -0.15) is 4.98 Å². The fourth-order valence-electron chi connectivity index (χ4n) is 2.16. The van der Waals surface area contributed by atoms with E-state index in [0.29, 0.717) is 29.4 Å². The molecule has 20 heavy (non-hydrogen) atoms. The molecule has 0 aliphatic rings. The molecule has 2 aromatic rings. The van der Waals surface area contributed by atoms with Gasteiger partial charge in [-0.3, -0.25) is 4.98 Å². The van der Waals surface area contributed by atoms with Gasteiger partial charge in [0.25, 0.3) is 0 Å². The quantitative estimate of drug-likeness (QED) is 0.833. The smallest absolute Gasteiger partial charge is 0.228 e. The molecular weight excluding hydrogens is 254 g/mol. The Labute approximate surface area is 119 Å². The van der Waals surface area contributed by atoms with Crippen molar-refractivity contribution in [1.29, 1.82) is 0 Å². The Kier molecular flexibility index (Phi) is 5.17. The monoisotopic (exact) mass is 275 g/mol. The maximum Gasteiger partial charge on any atom is 0.228 e. The molecule has 0 aromatic carbocycles. The lowest BCUT2D eigenvalue weighted by Gasteiger charge is -2.17. The summed E-state index contributed by atoms with van der Waals surface area (Å²) in [5.74, 6) is 1.76. The lowest BCUT2D eigenvalue weighted by molar-refractivity contribution is 0.340. The number of aromatic nitrogens is 4. The van der Waals surface area contributed by atoms with E-state index in [9.17, 15) is 0 Å². The summed E-state index contributed by atoms with van der Waals surface area (Å²) in [4.78, 5) is 12.6. The number of hydrogen-bond acceptors (Lipinski definition) is 6. The predicted molar refractivity (Wildman–Crippen MR) is 75.9 cm³/mol. The van der Waals surface area contributed by atoms with E-state index in [1.807, 2.05) is 0 Å². The number of hydrogen-bond donors (Lipinski definition) is 1. The van der Waals surface area contributed by atoms with Crippen LogP contribution in [0.2, 0.25) is 0 Å². The summed E-state index contributed by atoms with van der Waals surface area (Å²) in [6.45, 7) is 7.46. The Hall–Kier alpha value is -1.82. The second-order valence-corrected chi connectivity index (χ2v) is 5.19. The third-order valence-electron chi connectivity index (χ3n) is 2.93. The average molecular weight is 275 g/mol. The van der Waals surface area contributed by atoms with Crippen molar-refractivity contribution in [2.75, 3.05) is 6.54 Å². The van der Waals surface area contributed by atoms with Crippen LogP contribution < -0.4 is 5.32 Å². The van der Waals surface area contributed by atoms with Crippen molar-refractivity contribution < 1.29 is 4.52 Å². The highest BCUT2D eigenvalue weighted by molar-refractivity contribution is 5.45. The summed E-state index contributed by atoms with van der Waals surface area (Å²) in [5, 5.41) is 7.42. The van der Waals surface area contributed by atoms with Gasteiger partial charge in [-0.25, -0.2) is 4.98 Å². The SMILES string of the molecule is CCNC(Cc1nc(-c2cnccn2)no1)CC(C)C. The van der Waals surface area contributed by atoms with Crippen molar-refractivity contribution in [2.45, 2.75) is 39.7 Å². The van der Waals surface area contributed by atoms with E-state index >= 15 is 0 Å². The Morgan fingerprint density at radius 1 is 1.30 bits per heavy atom. The molecular formula is C14H21N5O. The van der Waals surface area contributed by atoms with Crippen molar-refractivity contribution >= 4 is 0 Å². The second kappa shape index (κ2) is 7.09. The number of nitrogens with zero attached hydrogens (tertiary/aromatic N) is 4. The van der Waals surface area contributed by atoms with Crippen LogP contribution in [0.1, 0.15) is 33.1 Å². The first-order valence-electron chi connectivity index (χ1n) is 7.01. The van der Waals surface area contributed by atoms with Crippen LogP contribution in [0.3, 0.4) is 0 Å². The zero-order chi connectivity index (χ0) is 14.4. The molecule has 0 amide bonds. The van der Waals surface area contributed by atoms with Crippen LogP contribution in [0.5, 0.6) is 0 Å². The summed E-state index contributed by atoms with van der Waals surface area (Å²) in [5.41, 5.74) is 0.631. The van der Waals surface area contributed by atoms with Crippen molar-refractivity contribution in [1.82, 2.24) is 25.4 Å². The van der Waals surface area contributed by atoms with Crippen LogP contribution >= 0.6 is 0 Å². The Bertz CT molecular complexity index is 511. The van der Waals surface area contributed by atoms with Gasteiger partial charge in [0, 0.05) is 24.9 Å². The molecule has 1 N–H and O–H groups in total. The molecule has 0 saturated heterocycles. The standard InChI is InChI=1S/C14H21N5O/c1-4-16-11(7-10(2)3)8-13-18-14(19-20-13)12-9-15-5-6-17-12/h5-6,9-11,16H,4,7-8H2,1-3H3. The second-order valence-electron chi connectivity index (χ2n) is 5.19. The first kappa shape index (κ1) is 14.6. The zero-order valence-electron chi connectivity index (χ0n) is 12.2. The van der Waals surface area contributed by atoms with Gasteiger partial charge < -0.3 is 9.84 Å². The molecule has 2 aromatic heterocycles. The summed E-state index contributed by atoms with van der Waals surface area (Å²) in [7, 11) is 0. The van der Waals surface area contributed by atoms with Crippen LogP contribution in [-0.2, 0) is 6.42 Å². The Morgan fingerprint density at radius 3 is 2.80 bits per heavy atom. The summed E-state index contributed by atoms with van der Waals surface area (Å²) in [6.07, 6.45) is 6.68. The van der Waals surface area contributed by atoms with E-state index in [0.717, 1.165) is 19.4 Å². The topological polar surface area (TPSA) is 76.7 Å². The van der Waals surface area contributed by atoms with Crippen molar-refractivity contribution in [3.05, 3.63) is 24.5 Å². The number of rotatable bonds is 7. The molecule has 2 rings (SSSR count). The maximum absolute atomic E-state index is 5.31. The van der Waals surface area contributed by atoms with Crippen LogP contribution in [-0.4, -0.2) is 32.7 Å². The molecule has 0 saturated carbocycles. The minimum Gasteiger partial charge on any atom is -0.339 e. The normalized spacial score (nSPS) is 12.8. The van der Waals surface area contributed by atoms with Gasteiger partial charge in [-0.05, 0) is 18.9 Å². The van der Waals surface area contributed by atoms with E-state index in [2.05, 4.69) is 46.2 Å². The molecule has 0 radical (unpaired) electrons. The summed E-state index contributed by atoms with van der Waals surface area (Å²) in [6, 6.07) is 0.357.